The minimum atomic E-state index is -0.692. The lowest BCUT2D eigenvalue weighted by atomic mass is 9.77. The topological polar surface area (TPSA) is 43.9 Å². The summed E-state index contributed by atoms with van der Waals surface area (Å²) in [6.45, 7) is 0. The highest BCUT2D eigenvalue weighted by Crippen LogP contribution is 2.41. The number of rotatable bonds is 6. The third kappa shape index (κ3) is 3.91. The summed E-state index contributed by atoms with van der Waals surface area (Å²) in [5.74, 6) is 0.316. The van der Waals surface area contributed by atoms with Crippen LogP contribution in [0.25, 0.3) is 33.4 Å². The van der Waals surface area contributed by atoms with Crippen LogP contribution >= 0.6 is 0 Å². The first-order valence-electron chi connectivity index (χ1n) is 13.1. The number of halogens is 1. The number of aromatic nitrogens is 3. The lowest BCUT2D eigenvalue weighted by molar-refractivity contribution is 0.441. The van der Waals surface area contributed by atoms with E-state index in [2.05, 4.69) is 94.9 Å². The molecule has 0 N–H and O–H groups in total. The van der Waals surface area contributed by atoms with E-state index in [-0.39, 0.29) is 5.82 Å². The van der Waals surface area contributed by atoms with Crippen molar-refractivity contribution in [2.45, 2.75) is 5.54 Å². The fraction of sp³-hybridized carbons (Fsp3) is 0.0286. The third-order valence-corrected chi connectivity index (χ3v) is 7.42. The molecule has 0 saturated heterocycles. The molecule has 5 heteroatoms. The molecule has 2 heterocycles. The van der Waals surface area contributed by atoms with Crippen molar-refractivity contribution in [1.82, 2.24) is 14.9 Å². The van der Waals surface area contributed by atoms with Crippen LogP contribution in [0.2, 0.25) is 0 Å². The minimum Gasteiger partial charge on any atom is -0.355 e. The number of hydrogen-bond donors (Lipinski definition) is 0. The molecule has 7 aromatic rings. The first kappa shape index (κ1) is 23.8. The molecule has 0 amide bonds. The average molecular weight is 522 g/mol. The second-order valence-corrected chi connectivity index (χ2v) is 9.73. The monoisotopic (exact) mass is 521 g/mol. The summed E-state index contributed by atoms with van der Waals surface area (Å²) in [5.41, 5.74) is 6.08. The maximum Gasteiger partial charge on any atom is 0.174 e. The van der Waals surface area contributed by atoms with Crippen molar-refractivity contribution in [2.75, 3.05) is 0 Å². The van der Waals surface area contributed by atoms with Gasteiger partial charge in [0.1, 0.15) is 16.9 Å². The molecule has 0 spiro atoms. The van der Waals surface area contributed by atoms with Gasteiger partial charge in [0.05, 0.1) is 11.6 Å². The predicted molar refractivity (Wildman–Crippen MR) is 155 cm³/mol. The number of hydrogen-bond acceptors (Lipinski definition) is 3. The van der Waals surface area contributed by atoms with Gasteiger partial charge in [-0.2, -0.15) is 5.10 Å². The zero-order valence-electron chi connectivity index (χ0n) is 21.5. The molecule has 0 atom stereocenters. The molecule has 0 aliphatic rings. The molecule has 4 nitrogen and oxygen atoms in total. The van der Waals surface area contributed by atoms with E-state index < -0.39 is 5.54 Å². The van der Waals surface area contributed by atoms with E-state index in [1.54, 1.807) is 12.1 Å². The standard InChI is InChI=1S/C35H24FN3O/c36-31-19-16-25(17-20-31)34-32-22-26(18-21-33(32)38-40-34)27-23-37-39(24-27)35(28-10-4-1-5-11-28,29-12-6-2-7-13-29)30-14-8-3-9-15-30/h1-24H. The summed E-state index contributed by atoms with van der Waals surface area (Å²) in [4.78, 5) is 0. The zero-order valence-corrected chi connectivity index (χ0v) is 21.5. The van der Waals surface area contributed by atoms with E-state index in [1.807, 2.05) is 36.5 Å². The summed E-state index contributed by atoms with van der Waals surface area (Å²) in [6.07, 6.45) is 4.00. The summed E-state index contributed by atoms with van der Waals surface area (Å²) >= 11 is 0. The Hall–Kier alpha value is -5.29. The Balaban J connectivity index is 1.41. The van der Waals surface area contributed by atoms with Crippen LogP contribution in [0.15, 0.2) is 150 Å². The SMILES string of the molecule is Fc1ccc(-c2onc3ccc(-c4cnn(C(c5ccccc5)(c5ccccc5)c5ccccc5)c4)cc23)cc1. The molecular formula is C35H24FN3O. The number of fused-ring (bicyclic) bond motifs is 1. The molecule has 2 aromatic heterocycles. The Kier molecular flexibility index (Phi) is 5.82. The van der Waals surface area contributed by atoms with Crippen LogP contribution in [-0.2, 0) is 5.54 Å². The Morgan fingerprint density at radius 2 is 1.15 bits per heavy atom. The number of benzene rings is 5. The lowest BCUT2D eigenvalue weighted by Gasteiger charge is -2.36. The van der Waals surface area contributed by atoms with Gasteiger partial charge in [0.25, 0.3) is 0 Å². The van der Waals surface area contributed by atoms with Crippen LogP contribution < -0.4 is 0 Å². The quantitative estimate of drug-likeness (QED) is 0.207. The van der Waals surface area contributed by atoms with Gasteiger partial charge in [0, 0.05) is 17.3 Å². The van der Waals surface area contributed by atoms with Gasteiger partial charge in [-0.3, -0.25) is 4.68 Å². The molecule has 0 unspecified atom stereocenters. The van der Waals surface area contributed by atoms with Crippen molar-refractivity contribution in [3.63, 3.8) is 0 Å². The van der Waals surface area contributed by atoms with E-state index >= 15 is 0 Å². The Labute approximate surface area is 231 Å². The zero-order chi connectivity index (χ0) is 26.9. The highest BCUT2D eigenvalue weighted by molar-refractivity contribution is 5.94. The smallest absolute Gasteiger partial charge is 0.174 e. The van der Waals surface area contributed by atoms with Gasteiger partial charge in [-0.15, -0.1) is 0 Å². The Morgan fingerprint density at radius 1 is 0.600 bits per heavy atom. The van der Waals surface area contributed by atoms with Crippen LogP contribution in [-0.4, -0.2) is 14.9 Å². The second-order valence-electron chi connectivity index (χ2n) is 9.73. The normalized spacial score (nSPS) is 11.6. The minimum absolute atomic E-state index is 0.292. The molecular weight excluding hydrogens is 497 g/mol. The van der Waals surface area contributed by atoms with Crippen LogP contribution in [0.1, 0.15) is 16.7 Å². The van der Waals surface area contributed by atoms with E-state index in [9.17, 15) is 4.39 Å². The van der Waals surface area contributed by atoms with Crippen molar-refractivity contribution < 1.29 is 8.91 Å². The lowest BCUT2D eigenvalue weighted by Crippen LogP contribution is -2.38. The average Bonchev–Trinajstić information content (AvgIpc) is 3.68. The second kappa shape index (κ2) is 9.79. The van der Waals surface area contributed by atoms with Gasteiger partial charge >= 0.3 is 0 Å². The molecule has 40 heavy (non-hydrogen) atoms. The van der Waals surface area contributed by atoms with Gasteiger partial charge in [-0.1, -0.05) is 102 Å². The molecule has 0 bridgehead atoms. The van der Waals surface area contributed by atoms with E-state index in [4.69, 9.17) is 9.62 Å². The van der Waals surface area contributed by atoms with Crippen LogP contribution in [0.4, 0.5) is 4.39 Å². The Morgan fingerprint density at radius 3 is 1.73 bits per heavy atom. The van der Waals surface area contributed by atoms with E-state index in [0.29, 0.717) is 5.76 Å². The summed E-state index contributed by atoms with van der Waals surface area (Å²) in [7, 11) is 0. The van der Waals surface area contributed by atoms with Crippen molar-refractivity contribution in [2.24, 2.45) is 0 Å². The highest BCUT2D eigenvalue weighted by Gasteiger charge is 2.39. The van der Waals surface area contributed by atoms with Crippen molar-refractivity contribution >= 4 is 10.9 Å². The van der Waals surface area contributed by atoms with Crippen LogP contribution in [0.5, 0.6) is 0 Å². The summed E-state index contributed by atoms with van der Waals surface area (Å²) < 4.78 is 21.3. The fourth-order valence-corrected chi connectivity index (χ4v) is 5.52. The molecule has 0 saturated carbocycles. The molecule has 7 rings (SSSR count). The molecule has 0 aliphatic carbocycles. The number of nitrogens with zero attached hydrogens (tertiary/aromatic N) is 3. The van der Waals surface area contributed by atoms with Gasteiger partial charge in [-0.05, 0) is 58.7 Å². The van der Waals surface area contributed by atoms with Crippen LogP contribution in [0, 0.1) is 5.82 Å². The highest BCUT2D eigenvalue weighted by atomic mass is 19.1. The largest absolute Gasteiger partial charge is 0.355 e. The van der Waals surface area contributed by atoms with Crippen LogP contribution in [0.3, 0.4) is 0 Å². The van der Waals surface area contributed by atoms with E-state index in [0.717, 1.165) is 44.3 Å². The molecule has 0 radical (unpaired) electrons. The Bertz CT molecular complexity index is 1800. The summed E-state index contributed by atoms with van der Waals surface area (Å²) in [6, 6.07) is 43.7. The fourth-order valence-electron chi connectivity index (χ4n) is 5.52. The molecule has 0 fully saturated rings. The maximum absolute atomic E-state index is 13.5. The van der Waals surface area contributed by atoms with Crippen molar-refractivity contribution in [1.29, 1.82) is 0 Å². The maximum atomic E-state index is 13.5. The first-order chi connectivity index (χ1) is 19.7. The van der Waals surface area contributed by atoms with E-state index in [1.165, 1.54) is 12.1 Å². The van der Waals surface area contributed by atoms with Gasteiger partial charge in [0.15, 0.2) is 5.76 Å². The third-order valence-electron chi connectivity index (χ3n) is 7.42. The van der Waals surface area contributed by atoms with Gasteiger partial charge in [-0.25, -0.2) is 4.39 Å². The van der Waals surface area contributed by atoms with Crippen molar-refractivity contribution in [3.05, 3.63) is 168 Å². The van der Waals surface area contributed by atoms with Crippen molar-refractivity contribution in [3.8, 4) is 22.5 Å². The summed E-state index contributed by atoms with van der Waals surface area (Å²) in [5, 5.41) is 10.1. The predicted octanol–water partition coefficient (Wildman–Crippen LogP) is 8.34. The first-order valence-corrected chi connectivity index (χ1v) is 13.1. The molecule has 5 aromatic carbocycles. The molecule has 0 aliphatic heterocycles. The van der Waals surface area contributed by atoms with Gasteiger partial charge < -0.3 is 4.52 Å². The molecule has 192 valence electrons. The van der Waals surface area contributed by atoms with Gasteiger partial charge in [0.2, 0.25) is 0 Å².